The zero-order valence-corrected chi connectivity index (χ0v) is 10.6. The summed E-state index contributed by atoms with van der Waals surface area (Å²) in [6, 6.07) is 0. The molecule has 0 aliphatic heterocycles. The first-order valence-corrected chi connectivity index (χ1v) is 5.98. The summed E-state index contributed by atoms with van der Waals surface area (Å²) in [7, 11) is 1.61. The van der Waals surface area contributed by atoms with Crippen LogP contribution in [0.2, 0.25) is 0 Å². The average molecular weight is 251 g/mol. The lowest BCUT2D eigenvalue weighted by Crippen LogP contribution is -2.38. The molecular weight excluding hydrogens is 234 g/mol. The van der Waals surface area contributed by atoms with Crippen molar-refractivity contribution in [1.29, 1.82) is 0 Å². The lowest BCUT2D eigenvalue weighted by atomic mass is 10.3. The first-order valence-electron chi connectivity index (χ1n) is 5.98. The summed E-state index contributed by atoms with van der Waals surface area (Å²) >= 11 is 0. The minimum Gasteiger partial charge on any atom is -0.336 e. The Hall–Kier alpha value is -1.89. The van der Waals surface area contributed by atoms with Crippen LogP contribution in [0, 0.1) is 0 Å². The molecule has 2 aromatic heterocycles. The van der Waals surface area contributed by atoms with Gasteiger partial charge in [0.05, 0.1) is 0 Å². The zero-order chi connectivity index (χ0) is 13.3. The molecule has 0 aliphatic rings. The van der Waals surface area contributed by atoms with Crippen molar-refractivity contribution in [2.75, 3.05) is 6.54 Å². The Bertz CT molecular complexity index is 679. The molecule has 0 bridgehead atoms. The van der Waals surface area contributed by atoms with Gasteiger partial charge in [-0.2, -0.15) is 0 Å². The number of hydrogen-bond acceptors (Lipinski definition) is 4. The quantitative estimate of drug-likeness (QED) is 0.753. The zero-order valence-electron chi connectivity index (χ0n) is 10.6. The highest BCUT2D eigenvalue weighted by Crippen LogP contribution is 2.05. The Labute approximate surface area is 103 Å². The fourth-order valence-corrected chi connectivity index (χ4v) is 1.96. The monoisotopic (exact) mass is 251 g/mol. The largest absolute Gasteiger partial charge is 0.336 e. The topological polar surface area (TPSA) is 98.7 Å². The molecule has 0 spiro atoms. The van der Waals surface area contributed by atoms with Gasteiger partial charge in [-0.1, -0.05) is 0 Å². The van der Waals surface area contributed by atoms with Crippen molar-refractivity contribution in [3.8, 4) is 0 Å². The Morgan fingerprint density at radius 3 is 2.72 bits per heavy atom. The third kappa shape index (κ3) is 1.86. The van der Waals surface area contributed by atoms with Crippen LogP contribution in [-0.4, -0.2) is 25.6 Å². The number of aromatic amines is 1. The molecule has 0 saturated heterocycles. The van der Waals surface area contributed by atoms with Gasteiger partial charge in [0.2, 0.25) is 0 Å². The molecule has 0 aromatic carbocycles. The summed E-state index contributed by atoms with van der Waals surface area (Å²) in [6.45, 7) is 2.67. The molecule has 7 nitrogen and oxygen atoms in total. The van der Waals surface area contributed by atoms with Gasteiger partial charge in [-0.3, -0.25) is 13.9 Å². The number of hydrogen-bond donors (Lipinski definition) is 2. The van der Waals surface area contributed by atoms with E-state index in [0.717, 1.165) is 6.42 Å². The maximum atomic E-state index is 12.1. The molecular formula is C11H17N5O2. The highest BCUT2D eigenvalue weighted by atomic mass is 16.2. The van der Waals surface area contributed by atoms with E-state index in [2.05, 4.69) is 9.97 Å². The van der Waals surface area contributed by atoms with Gasteiger partial charge >= 0.3 is 5.69 Å². The Kier molecular flexibility index (Phi) is 3.33. The van der Waals surface area contributed by atoms with Crippen LogP contribution in [0.5, 0.6) is 0 Å². The number of nitrogens with one attached hydrogen (secondary N) is 1. The maximum Gasteiger partial charge on any atom is 0.332 e. The number of nitrogens with two attached hydrogens (primary N) is 1. The molecule has 18 heavy (non-hydrogen) atoms. The number of aryl methyl sites for hydroxylation is 2. The summed E-state index contributed by atoms with van der Waals surface area (Å²) in [4.78, 5) is 31.3. The second-order valence-electron chi connectivity index (χ2n) is 4.17. The van der Waals surface area contributed by atoms with Gasteiger partial charge < -0.3 is 10.7 Å². The average Bonchev–Trinajstić information content (AvgIpc) is 2.79. The van der Waals surface area contributed by atoms with Crippen LogP contribution < -0.4 is 17.0 Å². The van der Waals surface area contributed by atoms with Crippen LogP contribution in [0.1, 0.15) is 19.2 Å². The standard InChI is InChI=1S/C11H17N5O2/c1-3-16-10(17)8-9(15(2)11(16)18)14-7(13-8)5-4-6-12/h3-6,12H2,1-2H3,(H,13,14). The first-order chi connectivity index (χ1) is 8.60. The SMILES string of the molecule is CCn1c(=O)c2[nH]c(CCCN)nc2n(C)c1=O. The second kappa shape index (κ2) is 4.77. The van der Waals surface area contributed by atoms with Crippen LogP contribution in [0.3, 0.4) is 0 Å². The van der Waals surface area contributed by atoms with E-state index in [0.29, 0.717) is 36.5 Å². The highest BCUT2D eigenvalue weighted by molar-refractivity contribution is 5.69. The van der Waals surface area contributed by atoms with Crippen molar-refractivity contribution < 1.29 is 0 Å². The van der Waals surface area contributed by atoms with Gasteiger partial charge in [0.1, 0.15) is 11.3 Å². The Morgan fingerprint density at radius 2 is 2.11 bits per heavy atom. The fourth-order valence-electron chi connectivity index (χ4n) is 1.96. The van der Waals surface area contributed by atoms with Crippen LogP contribution in [0.4, 0.5) is 0 Å². The minimum atomic E-state index is -0.341. The van der Waals surface area contributed by atoms with Gasteiger partial charge in [0.15, 0.2) is 5.65 Å². The molecule has 0 atom stereocenters. The molecule has 7 heteroatoms. The van der Waals surface area contributed by atoms with Crippen molar-refractivity contribution in [3.63, 3.8) is 0 Å². The van der Waals surface area contributed by atoms with E-state index >= 15 is 0 Å². The van der Waals surface area contributed by atoms with E-state index in [9.17, 15) is 9.59 Å². The van der Waals surface area contributed by atoms with E-state index in [1.807, 2.05) is 0 Å². The Morgan fingerprint density at radius 1 is 1.39 bits per heavy atom. The lowest BCUT2D eigenvalue weighted by Gasteiger charge is -2.03. The smallest absolute Gasteiger partial charge is 0.332 e. The molecule has 0 amide bonds. The summed E-state index contributed by atoms with van der Waals surface area (Å²) < 4.78 is 2.58. The van der Waals surface area contributed by atoms with Crippen molar-refractivity contribution >= 4 is 11.2 Å². The van der Waals surface area contributed by atoms with Crippen LogP contribution in [-0.2, 0) is 20.0 Å². The summed E-state index contributed by atoms with van der Waals surface area (Å²) in [5.74, 6) is 0.691. The molecule has 2 aromatic rings. The summed E-state index contributed by atoms with van der Waals surface area (Å²) in [5.41, 5.74) is 5.56. The molecule has 2 rings (SSSR count). The van der Waals surface area contributed by atoms with E-state index in [-0.39, 0.29) is 11.2 Å². The number of H-pyrrole nitrogens is 1. The predicted octanol–water partition coefficient (Wildman–Crippen LogP) is -0.665. The first kappa shape index (κ1) is 12.6. The molecule has 0 unspecified atom stereocenters. The Balaban J connectivity index is 2.69. The number of rotatable bonds is 4. The molecule has 0 fully saturated rings. The molecule has 2 heterocycles. The molecule has 0 radical (unpaired) electrons. The van der Waals surface area contributed by atoms with Gasteiger partial charge in [0.25, 0.3) is 5.56 Å². The van der Waals surface area contributed by atoms with Gasteiger partial charge in [-0.05, 0) is 19.9 Å². The van der Waals surface area contributed by atoms with Crippen molar-refractivity contribution in [3.05, 3.63) is 26.7 Å². The van der Waals surface area contributed by atoms with Gasteiger partial charge in [-0.15, -0.1) is 0 Å². The normalized spacial score (nSPS) is 11.3. The van der Waals surface area contributed by atoms with E-state index in [1.165, 1.54) is 9.13 Å². The van der Waals surface area contributed by atoms with Crippen LogP contribution >= 0.6 is 0 Å². The number of aromatic nitrogens is 4. The fraction of sp³-hybridized carbons (Fsp3) is 0.545. The van der Waals surface area contributed by atoms with Crippen molar-refractivity contribution in [2.24, 2.45) is 12.8 Å². The van der Waals surface area contributed by atoms with Gasteiger partial charge in [-0.25, -0.2) is 9.78 Å². The predicted molar refractivity (Wildman–Crippen MR) is 68.6 cm³/mol. The molecule has 0 aliphatic carbocycles. The van der Waals surface area contributed by atoms with E-state index < -0.39 is 0 Å². The number of fused-ring (bicyclic) bond motifs is 1. The molecule has 3 N–H and O–H groups in total. The lowest BCUT2D eigenvalue weighted by molar-refractivity contribution is 0.637. The number of nitrogens with zero attached hydrogens (tertiary/aromatic N) is 3. The molecule has 0 saturated carbocycles. The number of imidazole rings is 1. The van der Waals surface area contributed by atoms with E-state index in [4.69, 9.17) is 5.73 Å². The summed E-state index contributed by atoms with van der Waals surface area (Å²) in [5, 5.41) is 0. The third-order valence-electron chi connectivity index (χ3n) is 2.96. The van der Waals surface area contributed by atoms with Crippen LogP contribution in [0.25, 0.3) is 11.2 Å². The van der Waals surface area contributed by atoms with Crippen molar-refractivity contribution in [2.45, 2.75) is 26.3 Å². The maximum absolute atomic E-state index is 12.1. The van der Waals surface area contributed by atoms with Crippen LogP contribution in [0.15, 0.2) is 9.59 Å². The minimum absolute atomic E-state index is 0.318. The highest BCUT2D eigenvalue weighted by Gasteiger charge is 2.13. The summed E-state index contributed by atoms with van der Waals surface area (Å²) in [6.07, 6.45) is 1.46. The van der Waals surface area contributed by atoms with E-state index in [1.54, 1.807) is 14.0 Å². The third-order valence-corrected chi connectivity index (χ3v) is 2.96. The molecule has 98 valence electrons. The van der Waals surface area contributed by atoms with Gasteiger partial charge in [0, 0.05) is 20.0 Å². The second-order valence-corrected chi connectivity index (χ2v) is 4.17. The van der Waals surface area contributed by atoms with Crippen molar-refractivity contribution in [1.82, 2.24) is 19.1 Å².